The molecule has 0 bridgehead atoms. The number of pyridine rings is 1. The number of fused-ring (bicyclic) bond motifs is 6. The van der Waals surface area contributed by atoms with E-state index in [1.165, 1.54) is 0 Å². The summed E-state index contributed by atoms with van der Waals surface area (Å²) in [5.41, 5.74) is 17.7. The third-order valence-electron chi connectivity index (χ3n) is 20.5. The van der Waals surface area contributed by atoms with Crippen LogP contribution in [0, 0.1) is 20.4 Å². The van der Waals surface area contributed by atoms with E-state index in [1.54, 1.807) is 0 Å². The molecule has 20 aromatic rings. The number of hydrogen-bond acceptors (Lipinski definition) is 13. The summed E-state index contributed by atoms with van der Waals surface area (Å²) in [5.74, 6) is 6.05. The lowest BCUT2D eigenvalue weighted by atomic mass is 10.0. The molecule has 0 fully saturated rings. The summed E-state index contributed by atoms with van der Waals surface area (Å²) < 4.78 is 4.60. The lowest BCUT2D eigenvalue weighted by molar-refractivity contribution is 1.07. The molecular formula is C98H62N16. The molecule has 0 atom stereocenters. The highest BCUT2D eigenvalue weighted by Gasteiger charge is 2.27. The number of hydrogen-bond donors (Lipinski definition) is 0. The molecule has 7 aromatic heterocycles. The quantitative estimate of drug-likeness (QED) is 0.0885. The normalized spacial score (nSPS) is 11.4. The molecule has 0 saturated heterocycles. The van der Waals surface area contributed by atoms with E-state index in [2.05, 4.69) is 105 Å². The van der Waals surface area contributed by atoms with Crippen molar-refractivity contribution in [2.75, 3.05) is 0 Å². The summed E-state index contributed by atoms with van der Waals surface area (Å²) >= 11 is 0. The van der Waals surface area contributed by atoms with Crippen molar-refractivity contribution < 1.29 is 0 Å². The Morgan fingerprint density at radius 2 is 0.404 bits per heavy atom. The largest absolute Gasteiger partial charge is 0.308 e. The summed E-state index contributed by atoms with van der Waals surface area (Å²) in [6.07, 6.45) is 0. The lowest BCUT2D eigenvalue weighted by Gasteiger charge is -2.20. The van der Waals surface area contributed by atoms with Gasteiger partial charge < -0.3 is 9.13 Å². The van der Waals surface area contributed by atoms with E-state index in [0.29, 0.717) is 92.5 Å². The van der Waals surface area contributed by atoms with Crippen LogP contribution in [0.2, 0.25) is 0 Å². The molecular weight excluding hydrogens is 1400 g/mol. The van der Waals surface area contributed by atoms with Gasteiger partial charge in [0.05, 0.1) is 40.0 Å². The second kappa shape index (κ2) is 28.6. The van der Waals surface area contributed by atoms with Crippen LogP contribution in [-0.4, -0.2) is 73.9 Å². The Balaban J connectivity index is 0.917. The van der Waals surface area contributed by atoms with E-state index >= 15 is 0 Å². The Morgan fingerprint density at radius 1 is 0.202 bits per heavy atom. The van der Waals surface area contributed by atoms with Crippen LogP contribution in [0.15, 0.2) is 340 Å². The molecule has 0 aliphatic heterocycles. The molecule has 16 heteroatoms. The van der Waals surface area contributed by atoms with Gasteiger partial charge in [-0.3, -0.25) is 4.98 Å². The van der Waals surface area contributed by atoms with Gasteiger partial charge in [0, 0.05) is 99.7 Å². The third kappa shape index (κ3) is 12.7. The van der Waals surface area contributed by atoms with E-state index < -0.39 is 0 Å². The fourth-order valence-corrected chi connectivity index (χ4v) is 15.1. The van der Waals surface area contributed by atoms with Crippen LogP contribution in [0.3, 0.4) is 0 Å². The topological polar surface area (TPSA) is 182 Å². The van der Waals surface area contributed by atoms with Crippen LogP contribution >= 0.6 is 0 Å². The maximum Gasteiger partial charge on any atom is 0.197 e. The first kappa shape index (κ1) is 67.5. The minimum absolute atomic E-state index is 0.400. The van der Waals surface area contributed by atoms with E-state index in [4.69, 9.17) is 64.8 Å². The minimum atomic E-state index is 0.400. The van der Waals surface area contributed by atoms with Crippen LogP contribution < -0.4 is 0 Å². The van der Waals surface area contributed by atoms with Gasteiger partial charge in [0.1, 0.15) is 0 Å². The SMILES string of the molecule is [C-]#[N+]c1cc(-n2c3cc(-c4nc(-c5ccccc5)nc(-c5ccccc5)n4)ccc3c3ccc(-c4nc(-c5ccccc5)nc(-c5ccccc5)n4)cc32)c(-n2c3cc(-c4nc(-c5ccccc5)nc(-c5ccccc5)n4)ccc3c3ccc(-c4nc(-c5ccccc5)nc(-c5ccccc5)n4)cc32)cc1-c1cc(C)nc(C)c1. The molecule has 0 saturated carbocycles. The van der Waals surface area contributed by atoms with Gasteiger partial charge in [-0.05, 0) is 73.5 Å². The predicted molar refractivity (Wildman–Crippen MR) is 453 cm³/mol. The summed E-state index contributed by atoms with van der Waals surface area (Å²) in [6.45, 7) is 13.4. The van der Waals surface area contributed by atoms with E-state index in [0.717, 1.165) is 127 Å². The van der Waals surface area contributed by atoms with Crippen LogP contribution in [0.1, 0.15) is 11.4 Å². The lowest BCUT2D eigenvalue weighted by Crippen LogP contribution is -2.05. The first-order valence-corrected chi connectivity index (χ1v) is 37.4. The standard InChI is InChI=1S/C98H62N16/c1-60-52-74(53-61(2)100-60)79-58-85(113-81-54-70(95-105-87(62-28-12-4-13-29-62)101-88(106-95)63-30-14-5-15-31-63)44-48-75(81)76-49-45-71(55-82(76)113)96-107-89(64-32-16-6-17-33-64)102-90(108-96)65-34-18-7-19-35-65)86(59-80(79)99-3)114-83-56-72(97-109-91(66-36-20-8-21-37-66)103-92(110-97)67-38-22-9-23-39-67)46-50-77(83)78-51-47-73(57-84(78)114)98-111-93(68-40-24-10-25-41-68)104-94(112-98)69-42-26-11-27-43-69/h4-59H,1-2H3. The van der Waals surface area contributed by atoms with Crippen LogP contribution in [0.4, 0.5) is 5.69 Å². The summed E-state index contributed by atoms with van der Waals surface area (Å²) in [6, 6.07) is 114. The Kier molecular flexibility index (Phi) is 16.9. The molecule has 0 N–H and O–H groups in total. The Bertz CT molecular complexity index is 6540. The van der Waals surface area contributed by atoms with Gasteiger partial charge in [-0.25, -0.2) is 64.7 Å². The highest BCUT2D eigenvalue weighted by Crippen LogP contribution is 2.47. The highest BCUT2D eigenvalue weighted by atomic mass is 15.1. The first-order chi connectivity index (χ1) is 56.2. The van der Waals surface area contributed by atoms with E-state index in [9.17, 15) is 6.57 Å². The van der Waals surface area contributed by atoms with Crippen LogP contribution in [0.25, 0.3) is 208 Å². The molecule has 0 aliphatic carbocycles. The number of benzene rings is 13. The fraction of sp³-hybridized carbons (Fsp3) is 0.0204. The second-order valence-corrected chi connectivity index (χ2v) is 27.9. The Morgan fingerprint density at radius 3 is 0.614 bits per heavy atom. The van der Waals surface area contributed by atoms with E-state index in [1.807, 2.05) is 263 Å². The molecule has 7 heterocycles. The van der Waals surface area contributed by atoms with Crippen molar-refractivity contribution in [1.82, 2.24) is 73.9 Å². The number of aromatic nitrogens is 15. The number of aryl methyl sites for hydroxylation is 2. The Labute approximate surface area is 654 Å². The van der Waals surface area contributed by atoms with Gasteiger partial charge in [0.15, 0.2) is 75.6 Å². The first-order valence-electron chi connectivity index (χ1n) is 37.4. The van der Waals surface area contributed by atoms with Crippen molar-refractivity contribution in [3.63, 3.8) is 0 Å². The monoisotopic (exact) mass is 1460 g/mol. The van der Waals surface area contributed by atoms with Gasteiger partial charge in [-0.1, -0.05) is 291 Å². The van der Waals surface area contributed by atoms with Crippen molar-refractivity contribution in [3.05, 3.63) is 363 Å². The number of rotatable bonds is 15. The zero-order chi connectivity index (χ0) is 76.2. The maximum atomic E-state index is 9.43. The van der Waals surface area contributed by atoms with Crippen molar-refractivity contribution in [2.24, 2.45) is 0 Å². The molecule has 0 amide bonds. The molecule has 0 radical (unpaired) electrons. The molecule has 13 aromatic carbocycles. The average molecular weight is 1460 g/mol. The third-order valence-corrected chi connectivity index (χ3v) is 20.5. The summed E-state index contributed by atoms with van der Waals surface area (Å²) in [7, 11) is 0. The molecule has 0 unspecified atom stereocenters. The van der Waals surface area contributed by atoms with Crippen molar-refractivity contribution >= 4 is 49.3 Å². The average Bonchev–Trinajstić information content (AvgIpc) is 1.34. The van der Waals surface area contributed by atoms with Crippen LogP contribution in [0.5, 0.6) is 0 Å². The minimum Gasteiger partial charge on any atom is -0.308 e. The van der Waals surface area contributed by atoms with Crippen molar-refractivity contribution in [1.29, 1.82) is 0 Å². The summed E-state index contributed by atoms with van der Waals surface area (Å²) in [4.78, 5) is 72.5. The maximum absolute atomic E-state index is 9.43. The summed E-state index contributed by atoms with van der Waals surface area (Å²) in [5, 5.41) is 3.67. The van der Waals surface area contributed by atoms with Gasteiger partial charge >= 0.3 is 0 Å². The second-order valence-electron chi connectivity index (χ2n) is 27.9. The zero-order valence-corrected chi connectivity index (χ0v) is 61.5. The molecule has 114 heavy (non-hydrogen) atoms. The van der Waals surface area contributed by atoms with Crippen molar-refractivity contribution in [3.8, 4) is 159 Å². The smallest absolute Gasteiger partial charge is 0.197 e. The molecule has 20 rings (SSSR count). The van der Waals surface area contributed by atoms with Gasteiger partial charge in [-0.15, -0.1) is 0 Å². The molecule has 0 aliphatic rings. The molecule has 534 valence electrons. The van der Waals surface area contributed by atoms with E-state index in [-0.39, 0.29) is 0 Å². The highest BCUT2D eigenvalue weighted by molar-refractivity contribution is 6.14. The molecule has 0 spiro atoms. The fourth-order valence-electron chi connectivity index (χ4n) is 15.1. The zero-order valence-electron chi connectivity index (χ0n) is 61.5. The predicted octanol–water partition coefficient (Wildman–Crippen LogP) is 22.9. The van der Waals surface area contributed by atoms with Gasteiger partial charge in [-0.2, -0.15) is 0 Å². The van der Waals surface area contributed by atoms with Gasteiger partial charge in [0.2, 0.25) is 0 Å². The van der Waals surface area contributed by atoms with Gasteiger partial charge in [0.25, 0.3) is 0 Å². The molecule has 16 nitrogen and oxygen atoms in total. The Hall–Kier alpha value is -15.9. The van der Waals surface area contributed by atoms with Crippen molar-refractivity contribution in [2.45, 2.75) is 13.8 Å². The number of nitrogens with zero attached hydrogens (tertiary/aromatic N) is 16. The van der Waals surface area contributed by atoms with Crippen LogP contribution in [-0.2, 0) is 0 Å².